The largest absolute Gasteiger partial charge is 0.333 e. The van der Waals surface area contributed by atoms with Gasteiger partial charge in [0, 0.05) is 25.2 Å². The second-order valence-corrected chi connectivity index (χ2v) is 6.39. The van der Waals surface area contributed by atoms with E-state index in [1.54, 1.807) is 0 Å². The number of aryl methyl sites for hydroxylation is 2. The molecule has 5 nitrogen and oxygen atoms in total. The Balaban J connectivity index is 1.82. The molecule has 3 heterocycles. The minimum Gasteiger partial charge on any atom is -0.333 e. The molecule has 0 N–H and O–H groups in total. The summed E-state index contributed by atoms with van der Waals surface area (Å²) < 4.78 is 1.84. The summed E-state index contributed by atoms with van der Waals surface area (Å²) in [7, 11) is 2.19. The Labute approximate surface area is 126 Å². The SMILES string of the molecule is CCn1nc(C)cc1C(=O)N1CCC[C@H]1[C@@H]1CCCN1C. The molecular weight excluding hydrogens is 264 g/mol. The zero-order valence-electron chi connectivity index (χ0n) is 13.4. The molecule has 2 aliphatic rings. The highest BCUT2D eigenvalue weighted by Crippen LogP contribution is 2.30. The minimum atomic E-state index is 0.167. The highest BCUT2D eigenvalue weighted by molar-refractivity contribution is 5.93. The van der Waals surface area contributed by atoms with Gasteiger partial charge in [0.25, 0.3) is 5.91 Å². The van der Waals surface area contributed by atoms with E-state index in [1.165, 1.54) is 12.8 Å². The number of aromatic nitrogens is 2. The number of hydrogen-bond donors (Lipinski definition) is 0. The molecule has 2 saturated heterocycles. The zero-order chi connectivity index (χ0) is 15.0. The van der Waals surface area contributed by atoms with Gasteiger partial charge in [-0.05, 0) is 59.2 Å². The molecule has 1 amide bonds. The third-order valence-corrected chi connectivity index (χ3v) is 5.00. The van der Waals surface area contributed by atoms with Gasteiger partial charge in [-0.25, -0.2) is 0 Å². The van der Waals surface area contributed by atoms with Crippen LogP contribution < -0.4 is 0 Å². The predicted molar refractivity (Wildman–Crippen MR) is 82.3 cm³/mol. The van der Waals surface area contributed by atoms with Crippen molar-refractivity contribution in [2.24, 2.45) is 0 Å². The third-order valence-electron chi connectivity index (χ3n) is 5.00. The first-order valence-electron chi connectivity index (χ1n) is 8.17. The van der Waals surface area contributed by atoms with E-state index in [4.69, 9.17) is 0 Å². The van der Waals surface area contributed by atoms with Gasteiger partial charge in [0.2, 0.25) is 0 Å². The first-order chi connectivity index (χ1) is 10.1. The number of carbonyl (C=O) groups is 1. The van der Waals surface area contributed by atoms with Crippen LogP contribution in [0, 0.1) is 6.92 Å². The fraction of sp³-hybridized carbons (Fsp3) is 0.750. The van der Waals surface area contributed by atoms with Gasteiger partial charge in [-0.1, -0.05) is 0 Å². The van der Waals surface area contributed by atoms with Gasteiger partial charge in [0.05, 0.1) is 5.69 Å². The number of carbonyl (C=O) groups excluding carboxylic acids is 1. The molecule has 3 rings (SSSR count). The lowest BCUT2D eigenvalue weighted by Crippen LogP contribution is -2.47. The Morgan fingerprint density at radius 3 is 2.67 bits per heavy atom. The maximum absolute atomic E-state index is 13.0. The van der Waals surface area contributed by atoms with E-state index in [0.29, 0.717) is 12.1 Å². The summed E-state index contributed by atoms with van der Waals surface area (Å²) in [5, 5.41) is 4.42. The van der Waals surface area contributed by atoms with Crippen molar-refractivity contribution in [3.8, 4) is 0 Å². The van der Waals surface area contributed by atoms with E-state index >= 15 is 0 Å². The molecule has 0 unspecified atom stereocenters. The van der Waals surface area contributed by atoms with E-state index in [2.05, 4.69) is 21.9 Å². The number of hydrogen-bond acceptors (Lipinski definition) is 3. The molecule has 1 aromatic heterocycles. The number of rotatable bonds is 3. The van der Waals surface area contributed by atoms with Crippen LogP contribution in [0.15, 0.2) is 6.07 Å². The number of amides is 1. The van der Waals surface area contributed by atoms with Crippen molar-refractivity contribution in [3.63, 3.8) is 0 Å². The maximum Gasteiger partial charge on any atom is 0.272 e. The van der Waals surface area contributed by atoms with Crippen molar-refractivity contribution >= 4 is 5.91 Å². The van der Waals surface area contributed by atoms with E-state index in [9.17, 15) is 4.79 Å². The number of likely N-dealkylation sites (N-methyl/N-ethyl adjacent to an activating group) is 1. The van der Waals surface area contributed by atoms with Gasteiger partial charge in [-0.3, -0.25) is 9.48 Å². The molecule has 2 atom stereocenters. The van der Waals surface area contributed by atoms with Crippen LogP contribution in [0.2, 0.25) is 0 Å². The van der Waals surface area contributed by atoms with E-state index in [1.807, 2.05) is 24.6 Å². The molecule has 0 radical (unpaired) electrons. The average molecular weight is 290 g/mol. The second kappa shape index (κ2) is 5.79. The molecule has 2 aliphatic heterocycles. The Morgan fingerprint density at radius 2 is 2.00 bits per heavy atom. The van der Waals surface area contributed by atoms with Crippen LogP contribution in [-0.2, 0) is 6.54 Å². The van der Waals surface area contributed by atoms with E-state index in [0.717, 1.165) is 43.9 Å². The second-order valence-electron chi connectivity index (χ2n) is 6.39. The first-order valence-corrected chi connectivity index (χ1v) is 8.17. The highest BCUT2D eigenvalue weighted by Gasteiger charge is 2.39. The Bertz CT molecular complexity index is 524. The summed E-state index contributed by atoms with van der Waals surface area (Å²) in [4.78, 5) is 17.5. The lowest BCUT2D eigenvalue weighted by Gasteiger charge is -2.33. The average Bonchev–Trinajstić information content (AvgIpc) is 3.16. The topological polar surface area (TPSA) is 41.4 Å². The van der Waals surface area contributed by atoms with Crippen LogP contribution in [0.1, 0.15) is 48.8 Å². The summed E-state index contributed by atoms with van der Waals surface area (Å²) in [6, 6.07) is 2.85. The number of nitrogens with zero attached hydrogens (tertiary/aromatic N) is 4. The van der Waals surface area contributed by atoms with Crippen LogP contribution in [0.5, 0.6) is 0 Å². The van der Waals surface area contributed by atoms with Crippen molar-refractivity contribution in [1.29, 1.82) is 0 Å². The predicted octanol–water partition coefficient (Wildman–Crippen LogP) is 1.91. The van der Waals surface area contributed by atoms with Crippen LogP contribution in [-0.4, -0.2) is 57.7 Å². The Kier molecular flexibility index (Phi) is 4.02. The lowest BCUT2D eigenvalue weighted by atomic mass is 10.0. The summed E-state index contributed by atoms with van der Waals surface area (Å²) in [5.74, 6) is 0.167. The molecule has 0 spiro atoms. The summed E-state index contributed by atoms with van der Waals surface area (Å²) in [5.41, 5.74) is 1.68. The monoisotopic (exact) mass is 290 g/mol. The molecule has 0 bridgehead atoms. The summed E-state index contributed by atoms with van der Waals surface area (Å²) in [6.07, 6.45) is 4.74. The molecule has 0 saturated carbocycles. The van der Waals surface area contributed by atoms with Gasteiger partial charge >= 0.3 is 0 Å². The first kappa shape index (κ1) is 14.6. The maximum atomic E-state index is 13.0. The van der Waals surface area contributed by atoms with Crippen LogP contribution in [0.25, 0.3) is 0 Å². The molecular formula is C16H26N4O. The normalized spacial score (nSPS) is 26.7. The third kappa shape index (κ3) is 2.59. The fourth-order valence-corrected chi connectivity index (χ4v) is 3.97. The van der Waals surface area contributed by atoms with Crippen LogP contribution in [0.4, 0.5) is 0 Å². The molecule has 0 aliphatic carbocycles. The van der Waals surface area contributed by atoms with Crippen molar-refractivity contribution in [3.05, 3.63) is 17.5 Å². The smallest absolute Gasteiger partial charge is 0.272 e. The molecule has 5 heteroatoms. The van der Waals surface area contributed by atoms with Gasteiger partial charge in [-0.15, -0.1) is 0 Å². The number of likely N-dealkylation sites (tertiary alicyclic amines) is 2. The molecule has 0 aromatic carbocycles. The van der Waals surface area contributed by atoms with Gasteiger partial charge < -0.3 is 9.80 Å². The van der Waals surface area contributed by atoms with Gasteiger partial charge in [-0.2, -0.15) is 5.10 Å². The highest BCUT2D eigenvalue weighted by atomic mass is 16.2. The molecule has 116 valence electrons. The Hall–Kier alpha value is -1.36. The van der Waals surface area contributed by atoms with Crippen LogP contribution >= 0.6 is 0 Å². The van der Waals surface area contributed by atoms with Crippen molar-refractivity contribution in [2.45, 2.75) is 58.2 Å². The quantitative estimate of drug-likeness (QED) is 0.854. The lowest BCUT2D eigenvalue weighted by molar-refractivity contribution is 0.0652. The van der Waals surface area contributed by atoms with Crippen LogP contribution in [0.3, 0.4) is 0 Å². The van der Waals surface area contributed by atoms with Crippen molar-refractivity contribution in [2.75, 3.05) is 20.1 Å². The minimum absolute atomic E-state index is 0.167. The van der Waals surface area contributed by atoms with Crippen molar-refractivity contribution in [1.82, 2.24) is 19.6 Å². The summed E-state index contributed by atoms with van der Waals surface area (Å²) >= 11 is 0. The Morgan fingerprint density at radius 1 is 1.29 bits per heavy atom. The van der Waals surface area contributed by atoms with Gasteiger partial charge in [0.15, 0.2) is 0 Å². The van der Waals surface area contributed by atoms with Gasteiger partial charge in [0.1, 0.15) is 5.69 Å². The zero-order valence-corrected chi connectivity index (χ0v) is 13.4. The fourth-order valence-electron chi connectivity index (χ4n) is 3.97. The molecule has 21 heavy (non-hydrogen) atoms. The van der Waals surface area contributed by atoms with E-state index < -0.39 is 0 Å². The standard InChI is InChI=1S/C16H26N4O/c1-4-20-15(11-12(2)17-20)16(21)19-10-6-8-14(19)13-7-5-9-18(13)3/h11,13-14H,4-10H2,1-3H3/t13-,14-/m0/s1. The van der Waals surface area contributed by atoms with Crippen molar-refractivity contribution < 1.29 is 4.79 Å². The summed E-state index contributed by atoms with van der Waals surface area (Å²) in [6.45, 7) is 6.79. The molecule has 1 aromatic rings. The van der Waals surface area contributed by atoms with E-state index in [-0.39, 0.29) is 5.91 Å². The molecule has 2 fully saturated rings.